The van der Waals surface area contributed by atoms with Crippen LogP contribution in [0.5, 0.6) is 0 Å². The predicted molar refractivity (Wildman–Crippen MR) is 84.1 cm³/mol. The van der Waals surface area contributed by atoms with Crippen LogP contribution < -0.4 is 0 Å². The number of carbonyl (C=O) groups excluding carboxylic acids is 1. The van der Waals surface area contributed by atoms with Crippen LogP contribution in [-0.2, 0) is 4.79 Å². The van der Waals surface area contributed by atoms with Crippen molar-refractivity contribution in [2.75, 3.05) is 0 Å². The normalized spacial score (nSPS) is 57.9. The lowest BCUT2D eigenvalue weighted by molar-refractivity contribution is -0.175. The van der Waals surface area contributed by atoms with E-state index in [0.717, 1.165) is 38.5 Å². The maximum Gasteiger partial charge on any atom is 0.139 e. The molecule has 0 spiro atoms. The minimum Gasteiger partial charge on any atom is -0.393 e. The summed E-state index contributed by atoms with van der Waals surface area (Å²) >= 11 is 0. The quantitative estimate of drug-likeness (QED) is 0.723. The Hall–Kier alpha value is -0.410. The van der Waals surface area contributed by atoms with E-state index in [2.05, 4.69) is 13.8 Å². The largest absolute Gasteiger partial charge is 0.393 e. The number of rotatable bonds is 0. The second kappa shape index (κ2) is 4.80. The Bertz CT molecular complexity index is 489. The van der Waals surface area contributed by atoms with Gasteiger partial charge in [-0.05, 0) is 74.0 Å². The molecule has 3 nitrogen and oxygen atoms in total. The molecule has 2 N–H and O–H groups in total. The summed E-state index contributed by atoms with van der Waals surface area (Å²) in [7, 11) is 0. The summed E-state index contributed by atoms with van der Waals surface area (Å²) in [6.07, 6.45) is 7.08. The predicted octanol–water partition coefficient (Wildman–Crippen LogP) is 2.93. The van der Waals surface area contributed by atoms with E-state index in [-0.39, 0.29) is 23.0 Å². The fraction of sp³-hybridized carbons (Fsp3) is 0.947. The van der Waals surface area contributed by atoms with Crippen LogP contribution in [0.2, 0.25) is 0 Å². The van der Waals surface area contributed by atoms with Gasteiger partial charge in [-0.3, -0.25) is 4.79 Å². The van der Waals surface area contributed by atoms with E-state index < -0.39 is 0 Å². The van der Waals surface area contributed by atoms with Gasteiger partial charge >= 0.3 is 0 Å². The highest BCUT2D eigenvalue weighted by Crippen LogP contribution is 2.65. The standard InChI is InChI=1S/C19H30O3/c1-18-8-7-12(20)9-11(18)3-4-13-14-5-6-16(22)19(14,2)10-15(21)17(13)18/h11-15,17,20-21H,3-10H2,1-2H3/t11-,12-,13+,14+,15+,17-,18+,19+/m0/s1. The number of Topliss-reactive ketones (excluding diaryl/α,β-unsaturated/α-hetero) is 1. The Balaban J connectivity index is 1.69. The van der Waals surface area contributed by atoms with Crippen molar-refractivity contribution in [3.63, 3.8) is 0 Å². The van der Waals surface area contributed by atoms with Gasteiger partial charge in [-0.2, -0.15) is 0 Å². The number of aliphatic hydroxyl groups is 2. The smallest absolute Gasteiger partial charge is 0.139 e. The van der Waals surface area contributed by atoms with Crippen LogP contribution >= 0.6 is 0 Å². The maximum absolute atomic E-state index is 12.4. The fourth-order valence-electron chi connectivity index (χ4n) is 7.13. The maximum atomic E-state index is 12.4. The summed E-state index contributed by atoms with van der Waals surface area (Å²) in [5.74, 6) is 2.27. The number of carbonyl (C=O) groups is 1. The van der Waals surface area contributed by atoms with Crippen LogP contribution in [0.15, 0.2) is 0 Å². The van der Waals surface area contributed by atoms with Crippen molar-refractivity contribution >= 4 is 5.78 Å². The van der Waals surface area contributed by atoms with Gasteiger partial charge in [-0.1, -0.05) is 13.8 Å². The molecule has 0 radical (unpaired) electrons. The number of aliphatic hydroxyl groups excluding tert-OH is 2. The van der Waals surface area contributed by atoms with E-state index in [1.807, 2.05) is 0 Å². The lowest BCUT2D eigenvalue weighted by Crippen LogP contribution is -2.59. The summed E-state index contributed by atoms with van der Waals surface area (Å²) in [5.41, 5.74) is -0.105. The molecule has 0 aliphatic heterocycles. The first kappa shape index (κ1) is 15.1. The Morgan fingerprint density at radius 3 is 2.64 bits per heavy atom. The molecule has 4 fully saturated rings. The summed E-state index contributed by atoms with van der Waals surface area (Å²) in [6.45, 7) is 4.48. The highest BCUT2D eigenvalue weighted by Gasteiger charge is 2.63. The number of hydrogen-bond donors (Lipinski definition) is 2. The zero-order valence-electron chi connectivity index (χ0n) is 13.9. The highest BCUT2D eigenvalue weighted by atomic mass is 16.3. The van der Waals surface area contributed by atoms with Crippen molar-refractivity contribution in [1.82, 2.24) is 0 Å². The number of fused-ring (bicyclic) bond motifs is 5. The first-order valence-electron chi connectivity index (χ1n) is 9.25. The molecule has 4 aliphatic rings. The molecule has 4 aliphatic carbocycles. The van der Waals surface area contributed by atoms with E-state index in [1.54, 1.807) is 0 Å². The van der Waals surface area contributed by atoms with Crippen LogP contribution in [0.4, 0.5) is 0 Å². The van der Waals surface area contributed by atoms with Gasteiger partial charge in [-0.15, -0.1) is 0 Å². The molecule has 3 heteroatoms. The topological polar surface area (TPSA) is 57.5 Å². The number of hydrogen-bond acceptors (Lipinski definition) is 3. The van der Waals surface area contributed by atoms with Crippen molar-refractivity contribution in [3.05, 3.63) is 0 Å². The van der Waals surface area contributed by atoms with E-state index in [0.29, 0.717) is 35.9 Å². The summed E-state index contributed by atoms with van der Waals surface area (Å²) in [6, 6.07) is 0. The van der Waals surface area contributed by atoms with Crippen molar-refractivity contribution in [1.29, 1.82) is 0 Å². The van der Waals surface area contributed by atoms with Gasteiger partial charge in [0.15, 0.2) is 0 Å². The third kappa shape index (κ3) is 1.84. The van der Waals surface area contributed by atoms with Crippen molar-refractivity contribution < 1.29 is 15.0 Å². The fourth-order valence-corrected chi connectivity index (χ4v) is 7.13. The molecule has 0 aromatic heterocycles. The van der Waals surface area contributed by atoms with Crippen LogP contribution in [-0.4, -0.2) is 28.2 Å². The summed E-state index contributed by atoms with van der Waals surface area (Å²) in [4.78, 5) is 12.4. The van der Waals surface area contributed by atoms with E-state index >= 15 is 0 Å². The molecule has 0 heterocycles. The van der Waals surface area contributed by atoms with Crippen LogP contribution in [0.1, 0.15) is 65.2 Å². The van der Waals surface area contributed by atoms with Gasteiger partial charge in [0.25, 0.3) is 0 Å². The van der Waals surface area contributed by atoms with Crippen molar-refractivity contribution in [3.8, 4) is 0 Å². The van der Waals surface area contributed by atoms with Gasteiger partial charge in [-0.25, -0.2) is 0 Å². The molecule has 4 saturated carbocycles. The Kier molecular flexibility index (Phi) is 3.30. The molecule has 124 valence electrons. The van der Waals surface area contributed by atoms with E-state index in [1.165, 1.54) is 6.42 Å². The van der Waals surface area contributed by atoms with Crippen LogP contribution in [0.3, 0.4) is 0 Å². The monoisotopic (exact) mass is 306 g/mol. The molecule has 22 heavy (non-hydrogen) atoms. The molecule has 0 bridgehead atoms. The average molecular weight is 306 g/mol. The van der Waals surface area contributed by atoms with Crippen molar-refractivity contribution in [2.45, 2.75) is 77.4 Å². The molecule has 0 aromatic rings. The molecule has 0 unspecified atom stereocenters. The Labute approximate surface area is 133 Å². The molecule has 8 atom stereocenters. The van der Waals surface area contributed by atoms with Gasteiger partial charge in [0.2, 0.25) is 0 Å². The minimum absolute atomic E-state index is 0.145. The lowest BCUT2D eigenvalue weighted by atomic mass is 9.44. The first-order valence-corrected chi connectivity index (χ1v) is 9.25. The minimum atomic E-state index is -0.337. The van der Waals surface area contributed by atoms with Gasteiger partial charge in [0.1, 0.15) is 5.78 Å². The van der Waals surface area contributed by atoms with Gasteiger partial charge in [0, 0.05) is 11.8 Å². The third-order valence-electron chi connectivity index (χ3n) is 8.28. The van der Waals surface area contributed by atoms with E-state index in [4.69, 9.17) is 0 Å². The molecular weight excluding hydrogens is 276 g/mol. The lowest BCUT2D eigenvalue weighted by Gasteiger charge is -2.61. The second-order valence-corrected chi connectivity index (χ2v) is 9.16. The van der Waals surface area contributed by atoms with Crippen LogP contribution in [0, 0.1) is 34.5 Å². The van der Waals surface area contributed by atoms with Gasteiger partial charge in [0.05, 0.1) is 12.2 Å². The second-order valence-electron chi connectivity index (χ2n) is 9.16. The average Bonchev–Trinajstić information content (AvgIpc) is 2.75. The van der Waals surface area contributed by atoms with Crippen LogP contribution in [0.25, 0.3) is 0 Å². The SMILES string of the molecule is C[C@@]12CC[C@H](O)C[C@@H]1CC[C@H]1[C@H]2[C@H](O)C[C@@]2(C)C(=O)CC[C@H]12. The van der Waals surface area contributed by atoms with Crippen molar-refractivity contribution in [2.24, 2.45) is 34.5 Å². The third-order valence-corrected chi connectivity index (χ3v) is 8.28. The molecule has 0 aromatic carbocycles. The molecule has 4 rings (SSSR count). The first-order chi connectivity index (χ1) is 10.4. The molecule has 0 amide bonds. The molecule has 0 saturated heterocycles. The summed E-state index contributed by atoms with van der Waals surface area (Å²) in [5, 5.41) is 21.0. The van der Waals surface area contributed by atoms with Gasteiger partial charge < -0.3 is 10.2 Å². The Morgan fingerprint density at radius 2 is 1.86 bits per heavy atom. The Morgan fingerprint density at radius 1 is 1.09 bits per heavy atom. The highest BCUT2D eigenvalue weighted by molar-refractivity contribution is 5.87. The number of ketones is 1. The van der Waals surface area contributed by atoms with E-state index in [9.17, 15) is 15.0 Å². The summed E-state index contributed by atoms with van der Waals surface area (Å²) < 4.78 is 0. The zero-order chi connectivity index (χ0) is 15.7. The molecular formula is C19H30O3. The zero-order valence-corrected chi connectivity index (χ0v) is 13.9.